The SMILES string of the molecule is COc1cc(SC)c(OC)c2c1C(C)(C)CNC2C. The van der Waals surface area contributed by atoms with Crippen molar-refractivity contribution in [2.75, 3.05) is 27.0 Å². The topological polar surface area (TPSA) is 30.5 Å². The first kappa shape index (κ1) is 14.5. The van der Waals surface area contributed by atoms with Crippen LogP contribution < -0.4 is 14.8 Å². The van der Waals surface area contributed by atoms with Crippen LogP contribution >= 0.6 is 11.8 Å². The van der Waals surface area contributed by atoms with Gasteiger partial charge in [0.25, 0.3) is 0 Å². The average Bonchev–Trinajstić information content (AvgIpc) is 2.40. The molecule has 0 saturated carbocycles. The molecule has 3 nitrogen and oxygen atoms in total. The van der Waals surface area contributed by atoms with E-state index in [2.05, 4.69) is 38.4 Å². The molecular formula is C15H23NO2S. The molecule has 0 amide bonds. The van der Waals surface area contributed by atoms with Crippen molar-refractivity contribution in [1.82, 2.24) is 5.32 Å². The van der Waals surface area contributed by atoms with Gasteiger partial charge in [-0.05, 0) is 19.2 Å². The Morgan fingerprint density at radius 1 is 1.32 bits per heavy atom. The summed E-state index contributed by atoms with van der Waals surface area (Å²) < 4.78 is 11.3. The monoisotopic (exact) mass is 281 g/mol. The van der Waals surface area contributed by atoms with E-state index in [4.69, 9.17) is 9.47 Å². The smallest absolute Gasteiger partial charge is 0.137 e. The Morgan fingerprint density at radius 2 is 2.00 bits per heavy atom. The minimum absolute atomic E-state index is 0.0391. The van der Waals surface area contributed by atoms with Gasteiger partial charge < -0.3 is 14.8 Å². The second kappa shape index (κ2) is 5.25. The molecule has 19 heavy (non-hydrogen) atoms. The Labute approximate surface area is 120 Å². The second-order valence-electron chi connectivity index (χ2n) is 5.59. The highest BCUT2D eigenvalue weighted by molar-refractivity contribution is 7.98. The Kier molecular flexibility index (Phi) is 4.02. The fourth-order valence-electron chi connectivity index (χ4n) is 2.87. The van der Waals surface area contributed by atoms with E-state index in [0.29, 0.717) is 0 Å². The molecule has 1 atom stereocenters. The molecule has 0 spiro atoms. The first-order valence-electron chi connectivity index (χ1n) is 6.53. The summed E-state index contributed by atoms with van der Waals surface area (Å²) in [6.45, 7) is 7.61. The van der Waals surface area contributed by atoms with Crippen LogP contribution in [0.15, 0.2) is 11.0 Å². The second-order valence-corrected chi connectivity index (χ2v) is 6.44. The zero-order chi connectivity index (χ0) is 14.2. The van der Waals surface area contributed by atoms with Crippen molar-refractivity contribution in [3.05, 3.63) is 17.2 Å². The first-order valence-corrected chi connectivity index (χ1v) is 7.75. The van der Waals surface area contributed by atoms with Crippen LogP contribution in [0.5, 0.6) is 11.5 Å². The van der Waals surface area contributed by atoms with Gasteiger partial charge in [0.15, 0.2) is 0 Å². The largest absolute Gasteiger partial charge is 0.496 e. The molecule has 1 unspecified atom stereocenters. The van der Waals surface area contributed by atoms with Crippen molar-refractivity contribution in [2.24, 2.45) is 0 Å². The Bertz CT molecular complexity index is 486. The minimum atomic E-state index is 0.0391. The molecule has 0 bridgehead atoms. The van der Waals surface area contributed by atoms with Gasteiger partial charge in [-0.2, -0.15) is 0 Å². The maximum absolute atomic E-state index is 5.68. The first-order chi connectivity index (χ1) is 8.96. The van der Waals surface area contributed by atoms with Crippen molar-refractivity contribution in [3.8, 4) is 11.5 Å². The van der Waals surface area contributed by atoms with Gasteiger partial charge in [0.1, 0.15) is 11.5 Å². The van der Waals surface area contributed by atoms with Gasteiger partial charge in [0.2, 0.25) is 0 Å². The summed E-state index contributed by atoms with van der Waals surface area (Å²) in [5.74, 6) is 1.95. The van der Waals surface area contributed by atoms with Gasteiger partial charge in [-0.15, -0.1) is 11.8 Å². The molecule has 0 fully saturated rings. The molecule has 0 radical (unpaired) electrons. The van der Waals surface area contributed by atoms with E-state index < -0.39 is 0 Å². The van der Waals surface area contributed by atoms with E-state index in [1.807, 2.05) is 0 Å². The maximum atomic E-state index is 5.68. The minimum Gasteiger partial charge on any atom is -0.496 e. The zero-order valence-electron chi connectivity index (χ0n) is 12.6. The molecule has 1 N–H and O–H groups in total. The fourth-order valence-corrected chi connectivity index (χ4v) is 3.47. The van der Waals surface area contributed by atoms with E-state index >= 15 is 0 Å². The molecule has 0 aromatic heterocycles. The van der Waals surface area contributed by atoms with Crippen LogP contribution in [0.2, 0.25) is 0 Å². The molecule has 1 aliphatic heterocycles. The summed E-state index contributed by atoms with van der Waals surface area (Å²) in [5.41, 5.74) is 2.55. The van der Waals surface area contributed by atoms with Crippen LogP contribution in [0.4, 0.5) is 0 Å². The number of hydrogen-bond acceptors (Lipinski definition) is 4. The molecule has 106 valence electrons. The van der Waals surface area contributed by atoms with Crippen molar-refractivity contribution in [2.45, 2.75) is 37.1 Å². The van der Waals surface area contributed by atoms with Gasteiger partial charge in [0, 0.05) is 29.1 Å². The Hall–Kier alpha value is -0.870. The fraction of sp³-hybridized carbons (Fsp3) is 0.600. The van der Waals surface area contributed by atoms with Gasteiger partial charge in [0.05, 0.1) is 19.1 Å². The van der Waals surface area contributed by atoms with Crippen LogP contribution in [0, 0.1) is 0 Å². The van der Waals surface area contributed by atoms with Crippen LogP contribution in [-0.4, -0.2) is 27.0 Å². The third kappa shape index (κ3) is 2.32. The predicted molar refractivity (Wildman–Crippen MR) is 80.8 cm³/mol. The summed E-state index contributed by atoms with van der Waals surface area (Å²) in [7, 11) is 3.49. The highest BCUT2D eigenvalue weighted by Crippen LogP contribution is 2.48. The number of fused-ring (bicyclic) bond motifs is 1. The molecule has 1 aliphatic rings. The van der Waals surface area contributed by atoms with E-state index in [1.165, 1.54) is 11.1 Å². The van der Waals surface area contributed by atoms with Crippen molar-refractivity contribution < 1.29 is 9.47 Å². The van der Waals surface area contributed by atoms with E-state index in [1.54, 1.807) is 26.0 Å². The molecule has 1 aromatic rings. The number of rotatable bonds is 3. The van der Waals surface area contributed by atoms with Gasteiger partial charge >= 0.3 is 0 Å². The predicted octanol–water partition coefficient (Wildman–Crippen LogP) is 3.37. The zero-order valence-corrected chi connectivity index (χ0v) is 13.4. The van der Waals surface area contributed by atoms with E-state index in [9.17, 15) is 0 Å². The Morgan fingerprint density at radius 3 is 2.53 bits per heavy atom. The van der Waals surface area contributed by atoms with E-state index in [-0.39, 0.29) is 11.5 Å². The molecule has 1 aromatic carbocycles. The normalized spacial score (nSPS) is 20.8. The lowest BCUT2D eigenvalue weighted by molar-refractivity contribution is 0.332. The van der Waals surface area contributed by atoms with Crippen LogP contribution in [-0.2, 0) is 5.41 Å². The lowest BCUT2D eigenvalue weighted by atomic mass is 9.76. The summed E-state index contributed by atoms with van der Waals surface area (Å²) in [5, 5.41) is 3.56. The van der Waals surface area contributed by atoms with Gasteiger partial charge in [-0.3, -0.25) is 0 Å². The quantitative estimate of drug-likeness (QED) is 0.861. The van der Waals surface area contributed by atoms with Gasteiger partial charge in [-0.25, -0.2) is 0 Å². The number of methoxy groups -OCH3 is 2. The Balaban J connectivity index is 2.79. The summed E-state index contributed by atoms with van der Waals surface area (Å²) in [6, 6.07) is 2.38. The van der Waals surface area contributed by atoms with Crippen LogP contribution in [0.3, 0.4) is 0 Å². The number of thioether (sulfide) groups is 1. The maximum Gasteiger partial charge on any atom is 0.137 e. The highest BCUT2D eigenvalue weighted by atomic mass is 32.2. The van der Waals surface area contributed by atoms with Crippen molar-refractivity contribution >= 4 is 11.8 Å². The number of benzene rings is 1. The third-order valence-electron chi connectivity index (χ3n) is 3.85. The third-order valence-corrected chi connectivity index (χ3v) is 4.59. The number of ether oxygens (including phenoxy) is 2. The lowest BCUT2D eigenvalue weighted by Gasteiger charge is -2.39. The lowest BCUT2D eigenvalue weighted by Crippen LogP contribution is -2.41. The molecule has 0 saturated heterocycles. The summed E-state index contributed by atoms with van der Waals surface area (Å²) in [6.07, 6.45) is 2.07. The summed E-state index contributed by atoms with van der Waals surface area (Å²) >= 11 is 1.69. The molecule has 2 rings (SSSR count). The standard InChI is InChI=1S/C15H23NO2S/c1-9-12-13(15(2,3)8-16-9)10(17-4)7-11(19-6)14(12)18-5/h7,9,16H,8H2,1-6H3. The number of hydrogen-bond donors (Lipinski definition) is 1. The van der Waals surface area contributed by atoms with Crippen molar-refractivity contribution in [3.63, 3.8) is 0 Å². The molecular weight excluding hydrogens is 258 g/mol. The van der Waals surface area contributed by atoms with Crippen LogP contribution in [0.25, 0.3) is 0 Å². The highest BCUT2D eigenvalue weighted by Gasteiger charge is 2.36. The summed E-state index contributed by atoms with van der Waals surface area (Å²) in [4.78, 5) is 1.13. The molecule has 1 heterocycles. The van der Waals surface area contributed by atoms with Gasteiger partial charge in [-0.1, -0.05) is 13.8 Å². The number of nitrogens with one attached hydrogen (secondary N) is 1. The van der Waals surface area contributed by atoms with Crippen molar-refractivity contribution in [1.29, 1.82) is 0 Å². The molecule has 0 aliphatic carbocycles. The van der Waals surface area contributed by atoms with E-state index in [0.717, 1.165) is 22.9 Å². The average molecular weight is 281 g/mol. The molecule has 4 heteroatoms. The van der Waals surface area contributed by atoms with Crippen LogP contribution in [0.1, 0.15) is 37.9 Å².